The van der Waals surface area contributed by atoms with E-state index in [1.165, 1.54) is 4.57 Å². The molecule has 0 unspecified atom stereocenters. The maximum absolute atomic E-state index is 14.2. The molecule has 22 heavy (non-hydrogen) atoms. The van der Waals surface area contributed by atoms with Crippen LogP contribution in [0.15, 0.2) is 22.0 Å². The van der Waals surface area contributed by atoms with Gasteiger partial charge in [0.25, 0.3) is 5.56 Å². The zero-order chi connectivity index (χ0) is 15.6. The predicted octanol–water partition coefficient (Wildman–Crippen LogP) is 1.99. The second-order valence-electron chi connectivity index (χ2n) is 5.24. The number of aromatic nitrogens is 3. The first-order valence-corrected chi connectivity index (χ1v) is 6.59. The molecule has 2 heterocycles. The Kier molecular flexibility index (Phi) is 2.48. The van der Waals surface area contributed by atoms with Crippen LogP contribution in [0.4, 0.5) is 13.2 Å². The largest absolute Gasteiger partial charge is 0.319 e. The molecule has 1 N–H and O–H groups in total. The standard InChI is InChI=1S/C14H8F3N3O2/c15-7-3-6-11(10(17)9(7)16)20(5-1-2-5)13-8(12(6)21)14(22)19-4-18-13/h3-5H,1-2H2,(H,18,19,22). The number of benzene rings is 1. The lowest BCUT2D eigenvalue weighted by atomic mass is 10.1. The van der Waals surface area contributed by atoms with Crippen LogP contribution in [-0.4, -0.2) is 14.5 Å². The van der Waals surface area contributed by atoms with Crippen molar-refractivity contribution in [2.75, 3.05) is 0 Å². The first-order valence-electron chi connectivity index (χ1n) is 6.59. The molecule has 0 amide bonds. The minimum Gasteiger partial charge on any atom is -0.319 e. The maximum atomic E-state index is 14.2. The van der Waals surface area contributed by atoms with Crippen LogP contribution >= 0.6 is 0 Å². The molecule has 5 nitrogen and oxygen atoms in total. The molecule has 0 saturated heterocycles. The van der Waals surface area contributed by atoms with Crippen LogP contribution < -0.4 is 11.0 Å². The molecule has 1 aliphatic carbocycles. The number of rotatable bonds is 1. The molecular weight excluding hydrogens is 299 g/mol. The third-order valence-corrected chi connectivity index (χ3v) is 3.82. The van der Waals surface area contributed by atoms with E-state index in [0.29, 0.717) is 18.9 Å². The summed E-state index contributed by atoms with van der Waals surface area (Å²) in [6.45, 7) is 0. The average molecular weight is 307 g/mol. The van der Waals surface area contributed by atoms with Crippen LogP contribution in [0.3, 0.4) is 0 Å². The molecule has 0 aliphatic heterocycles. The maximum Gasteiger partial charge on any atom is 0.264 e. The number of hydrogen-bond acceptors (Lipinski definition) is 3. The summed E-state index contributed by atoms with van der Waals surface area (Å²) in [4.78, 5) is 30.5. The highest BCUT2D eigenvalue weighted by Gasteiger charge is 2.31. The highest BCUT2D eigenvalue weighted by molar-refractivity contribution is 5.92. The van der Waals surface area contributed by atoms with Crippen molar-refractivity contribution in [3.63, 3.8) is 0 Å². The zero-order valence-corrected chi connectivity index (χ0v) is 11.0. The third-order valence-electron chi connectivity index (χ3n) is 3.82. The number of hydrogen-bond donors (Lipinski definition) is 1. The van der Waals surface area contributed by atoms with Gasteiger partial charge < -0.3 is 9.55 Å². The molecule has 2 aromatic heterocycles. The van der Waals surface area contributed by atoms with Crippen LogP contribution in [0.1, 0.15) is 18.9 Å². The topological polar surface area (TPSA) is 67.8 Å². The normalized spacial score (nSPS) is 14.9. The summed E-state index contributed by atoms with van der Waals surface area (Å²) in [6, 6.07) is 0.431. The average Bonchev–Trinajstić information content (AvgIpc) is 3.31. The molecule has 0 spiro atoms. The van der Waals surface area contributed by atoms with Crippen LogP contribution in [0.2, 0.25) is 0 Å². The highest BCUT2D eigenvalue weighted by atomic mass is 19.2. The fraction of sp³-hybridized carbons (Fsp3) is 0.214. The Bertz CT molecular complexity index is 1070. The summed E-state index contributed by atoms with van der Waals surface area (Å²) in [5.41, 5.74) is -1.93. The Morgan fingerprint density at radius 2 is 1.91 bits per heavy atom. The van der Waals surface area contributed by atoms with Gasteiger partial charge in [0.2, 0.25) is 5.43 Å². The molecule has 3 aromatic rings. The van der Waals surface area contributed by atoms with Gasteiger partial charge in [0.05, 0.1) is 17.2 Å². The summed E-state index contributed by atoms with van der Waals surface area (Å²) in [6.07, 6.45) is 2.45. The van der Waals surface area contributed by atoms with E-state index in [0.717, 1.165) is 6.33 Å². The lowest BCUT2D eigenvalue weighted by Gasteiger charge is -2.14. The van der Waals surface area contributed by atoms with Gasteiger partial charge in [-0.25, -0.2) is 18.2 Å². The van der Waals surface area contributed by atoms with Gasteiger partial charge in [-0.05, 0) is 18.9 Å². The Hall–Kier alpha value is -2.64. The number of fused-ring (bicyclic) bond motifs is 2. The molecule has 4 rings (SSSR count). The minimum absolute atomic E-state index is 0.0198. The highest BCUT2D eigenvalue weighted by Crippen LogP contribution is 2.39. The van der Waals surface area contributed by atoms with Crippen LogP contribution in [0, 0.1) is 17.5 Å². The molecule has 1 fully saturated rings. The third kappa shape index (κ3) is 1.57. The minimum atomic E-state index is -1.65. The Morgan fingerprint density at radius 1 is 1.18 bits per heavy atom. The molecule has 0 radical (unpaired) electrons. The van der Waals surface area contributed by atoms with Gasteiger partial charge >= 0.3 is 0 Å². The van der Waals surface area contributed by atoms with E-state index in [4.69, 9.17) is 0 Å². The Labute approximate surface area is 120 Å². The lowest BCUT2D eigenvalue weighted by Crippen LogP contribution is -2.22. The van der Waals surface area contributed by atoms with E-state index in [1.54, 1.807) is 0 Å². The molecule has 1 aliphatic rings. The van der Waals surface area contributed by atoms with Crippen molar-refractivity contribution in [1.29, 1.82) is 0 Å². The van der Waals surface area contributed by atoms with Gasteiger partial charge in [0.1, 0.15) is 5.39 Å². The van der Waals surface area contributed by atoms with Gasteiger partial charge in [-0.2, -0.15) is 0 Å². The summed E-state index contributed by atoms with van der Waals surface area (Å²) in [5, 5.41) is -0.651. The number of nitrogens with zero attached hydrogens (tertiary/aromatic N) is 2. The molecule has 1 aromatic carbocycles. The van der Waals surface area contributed by atoms with Gasteiger partial charge in [-0.15, -0.1) is 0 Å². The first kappa shape index (κ1) is 13.1. The van der Waals surface area contributed by atoms with Crippen LogP contribution in [-0.2, 0) is 0 Å². The van der Waals surface area contributed by atoms with Crippen molar-refractivity contribution < 1.29 is 13.2 Å². The number of nitrogens with one attached hydrogen (secondary N) is 1. The van der Waals surface area contributed by atoms with Gasteiger partial charge in [0, 0.05) is 6.04 Å². The molecule has 0 atom stereocenters. The Balaban J connectivity index is 2.40. The smallest absolute Gasteiger partial charge is 0.264 e. The number of H-pyrrole nitrogens is 1. The quantitative estimate of drug-likeness (QED) is 0.552. The fourth-order valence-electron chi connectivity index (χ4n) is 2.70. The van der Waals surface area contributed by atoms with E-state index in [9.17, 15) is 22.8 Å². The number of halogens is 3. The number of aromatic amines is 1. The SMILES string of the molecule is O=c1[nH]cnc2c1c(=O)c1cc(F)c(F)c(F)c1n2C1CC1. The predicted molar refractivity (Wildman–Crippen MR) is 72.3 cm³/mol. The molecule has 8 heteroatoms. The van der Waals surface area contributed by atoms with Gasteiger partial charge in [0.15, 0.2) is 23.1 Å². The van der Waals surface area contributed by atoms with E-state index in [-0.39, 0.29) is 28.0 Å². The van der Waals surface area contributed by atoms with Gasteiger partial charge in [-0.1, -0.05) is 0 Å². The summed E-state index contributed by atoms with van der Waals surface area (Å²) in [5.74, 6) is -4.56. The second-order valence-corrected chi connectivity index (χ2v) is 5.24. The second kappa shape index (κ2) is 4.19. The lowest BCUT2D eigenvalue weighted by molar-refractivity contribution is 0.450. The molecule has 0 bridgehead atoms. The number of pyridine rings is 1. The fourth-order valence-corrected chi connectivity index (χ4v) is 2.70. The summed E-state index contributed by atoms with van der Waals surface area (Å²) < 4.78 is 42.6. The van der Waals surface area contributed by atoms with Crippen LogP contribution in [0.25, 0.3) is 21.9 Å². The van der Waals surface area contributed by atoms with Crippen LogP contribution in [0.5, 0.6) is 0 Å². The molecule has 112 valence electrons. The van der Waals surface area contributed by atoms with E-state index >= 15 is 0 Å². The zero-order valence-electron chi connectivity index (χ0n) is 11.0. The Morgan fingerprint density at radius 3 is 2.59 bits per heavy atom. The monoisotopic (exact) mass is 307 g/mol. The van der Waals surface area contributed by atoms with Crippen molar-refractivity contribution >= 4 is 21.9 Å². The van der Waals surface area contributed by atoms with Crippen molar-refractivity contribution in [2.24, 2.45) is 0 Å². The summed E-state index contributed by atoms with van der Waals surface area (Å²) in [7, 11) is 0. The summed E-state index contributed by atoms with van der Waals surface area (Å²) >= 11 is 0. The van der Waals surface area contributed by atoms with Crippen molar-refractivity contribution in [3.8, 4) is 0 Å². The van der Waals surface area contributed by atoms with E-state index in [2.05, 4.69) is 9.97 Å². The van der Waals surface area contributed by atoms with Gasteiger partial charge in [-0.3, -0.25) is 9.59 Å². The molecule has 1 saturated carbocycles. The van der Waals surface area contributed by atoms with E-state index < -0.39 is 28.4 Å². The van der Waals surface area contributed by atoms with Crippen molar-refractivity contribution in [3.05, 3.63) is 50.4 Å². The van der Waals surface area contributed by atoms with E-state index in [1.807, 2.05) is 0 Å². The molecular formula is C14H8F3N3O2. The van der Waals surface area contributed by atoms with Crippen molar-refractivity contribution in [2.45, 2.75) is 18.9 Å². The van der Waals surface area contributed by atoms with Crippen molar-refractivity contribution in [1.82, 2.24) is 14.5 Å². The first-order chi connectivity index (χ1) is 10.5.